The van der Waals surface area contributed by atoms with Crippen molar-refractivity contribution in [3.63, 3.8) is 0 Å². The fraction of sp³-hybridized carbons (Fsp3) is 0.500. The quantitative estimate of drug-likeness (QED) is 0.604. The topological polar surface area (TPSA) is 52.0 Å². The molecule has 0 aliphatic heterocycles. The van der Waals surface area contributed by atoms with Crippen LogP contribution in [0.3, 0.4) is 0 Å². The van der Waals surface area contributed by atoms with Crippen molar-refractivity contribution in [2.24, 2.45) is 5.41 Å². The van der Waals surface area contributed by atoms with Crippen molar-refractivity contribution in [2.75, 3.05) is 0 Å². The maximum Gasteiger partial charge on any atom is 0.150 e. The molecule has 4 nitrogen and oxygen atoms in total. The minimum absolute atomic E-state index is 0.0337. The van der Waals surface area contributed by atoms with E-state index in [4.69, 9.17) is 0 Å². The molecule has 1 heterocycles. The fourth-order valence-corrected chi connectivity index (χ4v) is 2.76. The van der Waals surface area contributed by atoms with Crippen LogP contribution in [-0.4, -0.2) is 21.1 Å². The number of hydrogen-bond donors (Lipinski definition) is 0. The number of Topliss-reactive ketones (excluding diaryl/α,β-unsaturated/α-hetero) is 2. The SMILES string of the molecule is C=C(Cn1ccnc1)C1(C(C)=O)CCCCC1=O. The molecule has 0 radical (unpaired) electrons. The zero-order valence-electron chi connectivity index (χ0n) is 10.7. The molecule has 1 aliphatic carbocycles. The van der Waals surface area contributed by atoms with Crippen LogP contribution in [0.2, 0.25) is 0 Å². The van der Waals surface area contributed by atoms with Gasteiger partial charge in [0.15, 0.2) is 5.78 Å². The number of rotatable bonds is 4. The zero-order chi connectivity index (χ0) is 13.2. The fourth-order valence-electron chi connectivity index (χ4n) is 2.76. The van der Waals surface area contributed by atoms with Gasteiger partial charge >= 0.3 is 0 Å². The lowest BCUT2D eigenvalue weighted by Crippen LogP contribution is -2.42. The number of allylic oxidation sites excluding steroid dienone is 1. The van der Waals surface area contributed by atoms with E-state index in [-0.39, 0.29) is 11.6 Å². The van der Waals surface area contributed by atoms with Gasteiger partial charge in [-0.2, -0.15) is 0 Å². The average Bonchev–Trinajstić information content (AvgIpc) is 2.82. The van der Waals surface area contributed by atoms with E-state index in [1.54, 1.807) is 12.5 Å². The molecule has 0 bridgehead atoms. The smallest absolute Gasteiger partial charge is 0.150 e. The van der Waals surface area contributed by atoms with Crippen molar-refractivity contribution in [1.82, 2.24) is 9.55 Å². The van der Waals surface area contributed by atoms with Gasteiger partial charge in [-0.3, -0.25) is 9.59 Å². The van der Waals surface area contributed by atoms with Crippen LogP contribution in [0.25, 0.3) is 0 Å². The predicted molar refractivity (Wildman–Crippen MR) is 68.0 cm³/mol. The van der Waals surface area contributed by atoms with Crippen molar-refractivity contribution in [1.29, 1.82) is 0 Å². The summed E-state index contributed by atoms with van der Waals surface area (Å²) in [6.45, 7) is 5.99. The van der Waals surface area contributed by atoms with E-state index in [0.717, 1.165) is 12.8 Å². The van der Waals surface area contributed by atoms with E-state index in [9.17, 15) is 9.59 Å². The van der Waals surface area contributed by atoms with Crippen LogP contribution in [0, 0.1) is 5.41 Å². The van der Waals surface area contributed by atoms with Crippen LogP contribution in [0.15, 0.2) is 30.9 Å². The van der Waals surface area contributed by atoms with Gasteiger partial charge in [-0.05, 0) is 25.3 Å². The molecule has 1 fully saturated rings. The first kappa shape index (κ1) is 12.7. The van der Waals surface area contributed by atoms with E-state index >= 15 is 0 Å². The van der Waals surface area contributed by atoms with Gasteiger partial charge < -0.3 is 4.57 Å². The maximum atomic E-state index is 12.2. The van der Waals surface area contributed by atoms with E-state index in [0.29, 0.717) is 25.0 Å². The second-order valence-electron chi connectivity index (χ2n) is 4.93. The van der Waals surface area contributed by atoms with E-state index in [2.05, 4.69) is 11.6 Å². The lowest BCUT2D eigenvalue weighted by Gasteiger charge is -2.35. The van der Waals surface area contributed by atoms with Gasteiger partial charge in [-0.25, -0.2) is 4.98 Å². The van der Waals surface area contributed by atoms with Crippen LogP contribution in [0.5, 0.6) is 0 Å². The van der Waals surface area contributed by atoms with Crippen molar-refractivity contribution < 1.29 is 9.59 Å². The second-order valence-corrected chi connectivity index (χ2v) is 4.93. The molecule has 18 heavy (non-hydrogen) atoms. The molecule has 1 aromatic rings. The number of nitrogens with zero attached hydrogens (tertiary/aromatic N) is 2. The Morgan fingerprint density at radius 3 is 2.89 bits per heavy atom. The molecule has 0 amide bonds. The first-order valence-electron chi connectivity index (χ1n) is 6.25. The van der Waals surface area contributed by atoms with Crippen molar-refractivity contribution >= 4 is 11.6 Å². The molecular weight excluding hydrogens is 228 g/mol. The molecule has 1 aliphatic rings. The summed E-state index contributed by atoms with van der Waals surface area (Å²) in [7, 11) is 0. The summed E-state index contributed by atoms with van der Waals surface area (Å²) in [5.41, 5.74) is -0.264. The van der Waals surface area contributed by atoms with Gasteiger partial charge in [-0.1, -0.05) is 13.0 Å². The average molecular weight is 246 g/mol. The molecule has 0 N–H and O–H groups in total. The third-order valence-electron chi connectivity index (χ3n) is 3.82. The Hall–Kier alpha value is -1.71. The summed E-state index contributed by atoms with van der Waals surface area (Å²) in [5, 5.41) is 0. The number of imidazole rings is 1. The highest BCUT2D eigenvalue weighted by Gasteiger charge is 2.46. The highest BCUT2D eigenvalue weighted by Crippen LogP contribution is 2.40. The summed E-state index contributed by atoms with van der Waals surface area (Å²) in [6, 6.07) is 0. The van der Waals surface area contributed by atoms with Gasteiger partial charge in [0.2, 0.25) is 0 Å². The lowest BCUT2D eigenvalue weighted by atomic mass is 9.66. The number of aromatic nitrogens is 2. The normalized spacial score (nSPS) is 23.9. The van der Waals surface area contributed by atoms with Crippen molar-refractivity contribution in [2.45, 2.75) is 39.2 Å². The summed E-state index contributed by atoms with van der Waals surface area (Å²) < 4.78 is 1.84. The molecule has 96 valence electrons. The van der Waals surface area contributed by atoms with Crippen LogP contribution < -0.4 is 0 Å². The Labute approximate surface area is 107 Å². The third kappa shape index (κ3) is 2.03. The van der Waals surface area contributed by atoms with Crippen LogP contribution in [0.4, 0.5) is 0 Å². The molecule has 1 saturated carbocycles. The lowest BCUT2D eigenvalue weighted by molar-refractivity contribution is -0.139. The van der Waals surface area contributed by atoms with Crippen LogP contribution in [0.1, 0.15) is 32.6 Å². The standard InChI is InChI=1S/C14H18N2O2/c1-11(9-16-8-7-15-10-16)14(12(2)17)6-4-3-5-13(14)18/h7-8,10H,1,3-6,9H2,2H3. The summed E-state index contributed by atoms with van der Waals surface area (Å²) >= 11 is 0. The molecule has 0 saturated heterocycles. The van der Waals surface area contributed by atoms with E-state index in [1.165, 1.54) is 6.92 Å². The van der Waals surface area contributed by atoms with Crippen molar-refractivity contribution in [3.8, 4) is 0 Å². The van der Waals surface area contributed by atoms with Gasteiger partial charge in [0.25, 0.3) is 0 Å². The van der Waals surface area contributed by atoms with Gasteiger partial charge in [-0.15, -0.1) is 0 Å². The maximum absolute atomic E-state index is 12.2. The Morgan fingerprint density at radius 1 is 1.56 bits per heavy atom. The minimum atomic E-state index is -0.956. The molecule has 0 aromatic carbocycles. The molecule has 1 aromatic heterocycles. The second kappa shape index (κ2) is 4.88. The number of hydrogen-bond acceptors (Lipinski definition) is 3. The molecule has 1 unspecified atom stereocenters. The largest absolute Gasteiger partial charge is 0.333 e. The predicted octanol–water partition coefficient (Wildman–Crippen LogP) is 2.16. The Morgan fingerprint density at radius 2 is 2.33 bits per heavy atom. The molecule has 4 heteroatoms. The summed E-state index contributed by atoms with van der Waals surface area (Å²) in [6.07, 6.45) is 8.05. The minimum Gasteiger partial charge on any atom is -0.333 e. The third-order valence-corrected chi connectivity index (χ3v) is 3.82. The molecule has 2 rings (SSSR count). The van der Waals surface area contributed by atoms with Gasteiger partial charge in [0, 0.05) is 25.4 Å². The summed E-state index contributed by atoms with van der Waals surface area (Å²) in [4.78, 5) is 28.2. The Balaban J connectivity index is 2.27. The summed E-state index contributed by atoms with van der Waals surface area (Å²) in [5.74, 6) is -0.0383. The van der Waals surface area contributed by atoms with Gasteiger partial charge in [0.05, 0.1) is 6.33 Å². The molecule has 1 atom stereocenters. The van der Waals surface area contributed by atoms with Crippen molar-refractivity contribution in [3.05, 3.63) is 30.9 Å². The van der Waals surface area contributed by atoms with E-state index < -0.39 is 5.41 Å². The highest BCUT2D eigenvalue weighted by atomic mass is 16.2. The number of ketones is 2. The van der Waals surface area contributed by atoms with Crippen LogP contribution in [-0.2, 0) is 16.1 Å². The first-order valence-corrected chi connectivity index (χ1v) is 6.25. The molecular formula is C14H18N2O2. The zero-order valence-corrected chi connectivity index (χ0v) is 10.7. The highest BCUT2D eigenvalue weighted by molar-refractivity contribution is 6.09. The molecule has 0 spiro atoms. The number of carbonyl (C=O) groups is 2. The Kier molecular flexibility index (Phi) is 3.45. The Bertz CT molecular complexity index is 476. The van der Waals surface area contributed by atoms with Crippen LogP contribution >= 0.6 is 0 Å². The van der Waals surface area contributed by atoms with E-state index in [1.807, 2.05) is 10.8 Å². The first-order chi connectivity index (χ1) is 8.57. The van der Waals surface area contributed by atoms with Gasteiger partial charge in [0.1, 0.15) is 11.2 Å². The number of carbonyl (C=O) groups excluding carboxylic acids is 2. The monoisotopic (exact) mass is 246 g/mol.